The quantitative estimate of drug-likeness (QED) is 0.465. The van der Waals surface area contributed by atoms with Crippen LogP contribution in [0.4, 0.5) is 0 Å². The molecule has 0 aromatic heterocycles. The summed E-state index contributed by atoms with van der Waals surface area (Å²) in [5.41, 5.74) is 0. The molecule has 2 nitrogen and oxygen atoms in total. The van der Waals surface area contributed by atoms with Crippen LogP contribution in [0.5, 0.6) is 0 Å². The van der Waals surface area contributed by atoms with Gasteiger partial charge < -0.3 is 17.3 Å². The van der Waals surface area contributed by atoms with E-state index in [1.807, 2.05) is 0 Å². The molecular formula is C8H16ClNO. The number of Topliss-reactive ketones (excluding diaryl/α,β-unsaturated/α-hetero) is 1. The van der Waals surface area contributed by atoms with E-state index >= 15 is 0 Å². The smallest absolute Gasteiger partial charge is 0.141 e. The maximum atomic E-state index is 11.1. The molecule has 1 aliphatic carbocycles. The van der Waals surface area contributed by atoms with Gasteiger partial charge in [-0.2, -0.15) is 0 Å². The molecule has 0 spiro atoms. The van der Waals surface area contributed by atoms with Crippen LogP contribution in [-0.2, 0) is 4.79 Å². The zero-order valence-corrected chi connectivity index (χ0v) is 7.95. The summed E-state index contributed by atoms with van der Waals surface area (Å²) in [7, 11) is 4.21. The summed E-state index contributed by atoms with van der Waals surface area (Å²) >= 11 is 0. The van der Waals surface area contributed by atoms with E-state index in [0.29, 0.717) is 11.7 Å². The van der Waals surface area contributed by atoms with E-state index in [2.05, 4.69) is 14.1 Å². The van der Waals surface area contributed by atoms with Gasteiger partial charge in [-0.1, -0.05) is 0 Å². The third-order valence-electron chi connectivity index (χ3n) is 2.09. The molecule has 11 heavy (non-hydrogen) atoms. The van der Waals surface area contributed by atoms with Gasteiger partial charge in [-0.3, -0.25) is 4.79 Å². The van der Waals surface area contributed by atoms with Crippen molar-refractivity contribution in [2.45, 2.75) is 19.3 Å². The van der Waals surface area contributed by atoms with E-state index in [-0.39, 0.29) is 12.4 Å². The molecule has 0 aromatic carbocycles. The Hall–Kier alpha value is -0.0800. The Labute approximate surface area is 74.4 Å². The minimum atomic E-state index is 0. The Morgan fingerprint density at radius 2 is 2.18 bits per heavy atom. The van der Waals surface area contributed by atoms with Crippen molar-refractivity contribution in [3.05, 3.63) is 0 Å². The lowest BCUT2D eigenvalue weighted by Crippen LogP contribution is -3.06. The molecule has 0 aliphatic heterocycles. The fourth-order valence-corrected chi connectivity index (χ4v) is 1.60. The number of carbonyl (C=O) groups excluding carboxylic acids is 1. The normalized spacial score (nSPS) is 23.9. The predicted octanol–water partition coefficient (Wildman–Crippen LogP) is -3.50. The summed E-state index contributed by atoms with van der Waals surface area (Å²) in [5.74, 6) is 0.867. The number of quaternary nitrogens is 1. The summed E-state index contributed by atoms with van der Waals surface area (Å²) in [5, 5.41) is 0. The molecule has 1 aliphatic rings. The molecule has 1 atom stereocenters. The number of nitrogens with one attached hydrogen (secondary N) is 1. The van der Waals surface area contributed by atoms with E-state index in [1.54, 1.807) is 0 Å². The Bertz CT molecular complexity index is 136. The van der Waals surface area contributed by atoms with Crippen LogP contribution in [0.15, 0.2) is 0 Å². The van der Waals surface area contributed by atoms with Crippen LogP contribution in [0.2, 0.25) is 0 Å². The number of ketones is 1. The van der Waals surface area contributed by atoms with Crippen LogP contribution < -0.4 is 17.3 Å². The number of hydrogen-bond acceptors (Lipinski definition) is 1. The highest BCUT2D eigenvalue weighted by atomic mass is 35.5. The van der Waals surface area contributed by atoms with Crippen molar-refractivity contribution in [1.82, 2.24) is 0 Å². The van der Waals surface area contributed by atoms with Crippen LogP contribution in [0.3, 0.4) is 0 Å². The van der Waals surface area contributed by atoms with E-state index < -0.39 is 0 Å². The van der Waals surface area contributed by atoms with Crippen molar-refractivity contribution >= 4 is 5.78 Å². The summed E-state index contributed by atoms with van der Waals surface area (Å²) in [4.78, 5) is 12.5. The second kappa shape index (κ2) is 4.73. The van der Waals surface area contributed by atoms with E-state index in [9.17, 15) is 4.79 Å². The second-order valence-corrected chi connectivity index (χ2v) is 3.47. The SMILES string of the molecule is C[NH+](C)CC1CCCC1=O.[Cl-]. The van der Waals surface area contributed by atoms with Crippen LogP contribution in [0, 0.1) is 5.92 Å². The Morgan fingerprint density at radius 1 is 1.55 bits per heavy atom. The van der Waals surface area contributed by atoms with Crippen molar-refractivity contribution in [1.29, 1.82) is 0 Å². The number of hydrogen-bond donors (Lipinski definition) is 1. The zero-order valence-electron chi connectivity index (χ0n) is 7.19. The van der Waals surface area contributed by atoms with Crippen molar-refractivity contribution in [2.24, 2.45) is 5.92 Å². The fourth-order valence-electron chi connectivity index (χ4n) is 1.60. The van der Waals surface area contributed by atoms with Gasteiger partial charge in [-0.05, 0) is 12.8 Å². The highest BCUT2D eigenvalue weighted by Gasteiger charge is 2.26. The lowest BCUT2D eigenvalue weighted by atomic mass is 10.1. The topological polar surface area (TPSA) is 21.5 Å². The highest BCUT2D eigenvalue weighted by Crippen LogP contribution is 2.19. The lowest BCUT2D eigenvalue weighted by Gasteiger charge is -2.10. The van der Waals surface area contributed by atoms with Gasteiger partial charge in [0.2, 0.25) is 0 Å². The zero-order chi connectivity index (χ0) is 7.56. The van der Waals surface area contributed by atoms with Crippen LogP contribution in [0.1, 0.15) is 19.3 Å². The largest absolute Gasteiger partial charge is 1.00 e. The van der Waals surface area contributed by atoms with Gasteiger partial charge in [0.05, 0.1) is 26.6 Å². The van der Waals surface area contributed by atoms with Crippen molar-refractivity contribution in [3.63, 3.8) is 0 Å². The minimum absolute atomic E-state index is 0. The predicted molar refractivity (Wildman–Crippen MR) is 40.0 cm³/mol. The molecule has 0 amide bonds. The van der Waals surface area contributed by atoms with Gasteiger partial charge in [0.15, 0.2) is 0 Å². The number of rotatable bonds is 2. The van der Waals surface area contributed by atoms with Gasteiger partial charge in [0.25, 0.3) is 0 Å². The highest BCUT2D eigenvalue weighted by molar-refractivity contribution is 5.82. The van der Waals surface area contributed by atoms with E-state index in [4.69, 9.17) is 0 Å². The van der Waals surface area contributed by atoms with Gasteiger partial charge in [-0.15, -0.1) is 0 Å². The molecule has 1 rings (SSSR count). The van der Waals surface area contributed by atoms with Gasteiger partial charge in [0, 0.05) is 6.42 Å². The molecular weight excluding hydrogens is 162 g/mol. The first-order valence-corrected chi connectivity index (χ1v) is 4.02. The first-order chi connectivity index (χ1) is 4.70. The molecule has 1 saturated carbocycles. The third-order valence-corrected chi connectivity index (χ3v) is 2.09. The molecule has 1 fully saturated rings. The van der Waals surface area contributed by atoms with Crippen molar-refractivity contribution < 1.29 is 22.1 Å². The maximum Gasteiger partial charge on any atom is 0.141 e. The molecule has 0 bridgehead atoms. The van der Waals surface area contributed by atoms with E-state index in [0.717, 1.165) is 25.8 Å². The fraction of sp³-hybridized carbons (Fsp3) is 0.875. The first kappa shape index (κ1) is 10.9. The van der Waals surface area contributed by atoms with Crippen LogP contribution in [-0.4, -0.2) is 26.4 Å². The Balaban J connectivity index is 0.000001000. The molecule has 0 saturated heterocycles. The van der Waals surface area contributed by atoms with E-state index in [1.165, 1.54) is 4.90 Å². The Morgan fingerprint density at radius 3 is 2.55 bits per heavy atom. The minimum Gasteiger partial charge on any atom is -1.00 e. The third kappa shape index (κ3) is 3.21. The van der Waals surface area contributed by atoms with Crippen LogP contribution >= 0.6 is 0 Å². The summed E-state index contributed by atoms with van der Waals surface area (Å²) in [6, 6.07) is 0. The average molecular weight is 178 g/mol. The summed E-state index contributed by atoms with van der Waals surface area (Å²) in [6.45, 7) is 1.03. The van der Waals surface area contributed by atoms with Crippen molar-refractivity contribution in [2.75, 3.05) is 20.6 Å². The number of carbonyl (C=O) groups is 1. The first-order valence-electron chi connectivity index (χ1n) is 4.02. The molecule has 0 heterocycles. The molecule has 0 radical (unpaired) electrons. The van der Waals surface area contributed by atoms with Crippen molar-refractivity contribution in [3.8, 4) is 0 Å². The monoisotopic (exact) mass is 177 g/mol. The maximum absolute atomic E-state index is 11.1. The van der Waals surface area contributed by atoms with Gasteiger partial charge in [0.1, 0.15) is 5.78 Å². The Kier molecular flexibility index (Phi) is 4.69. The lowest BCUT2D eigenvalue weighted by molar-refractivity contribution is -0.860. The molecule has 1 unspecified atom stereocenters. The average Bonchev–Trinajstić information content (AvgIpc) is 2.15. The molecule has 0 aromatic rings. The van der Waals surface area contributed by atoms with Crippen LogP contribution in [0.25, 0.3) is 0 Å². The second-order valence-electron chi connectivity index (χ2n) is 3.47. The summed E-state index contributed by atoms with van der Waals surface area (Å²) < 4.78 is 0. The van der Waals surface area contributed by atoms with Gasteiger partial charge in [-0.25, -0.2) is 0 Å². The molecule has 1 N–H and O–H groups in total. The number of halogens is 1. The van der Waals surface area contributed by atoms with Gasteiger partial charge >= 0.3 is 0 Å². The summed E-state index contributed by atoms with van der Waals surface area (Å²) in [6.07, 6.45) is 3.08. The molecule has 3 heteroatoms. The molecule has 66 valence electrons. The standard InChI is InChI=1S/C8H15NO.ClH/c1-9(2)6-7-4-3-5-8(7)10;/h7H,3-6H2,1-2H3;1H.